The summed E-state index contributed by atoms with van der Waals surface area (Å²) in [6, 6.07) is 16.0. The zero-order valence-electron chi connectivity index (χ0n) is 16.2. The lowest BCUT2D eigenvalue weighted by molar-refractivity contribution is 0.203. The maximum absolute atomic E-state index is 9.25. The minimum atomic E-state index is 0. The largest absolute Gasteiger partial charge is 0.497 e. The standard InChI is InChI=1S/C21H28N4O2.HI/c1-27-20-8-4-18(5-9-20)24-21(22)23-14-16-2-6-19(7-3-16)25-12-10-17(15-26)11-13-25;/h2-9,17,26H,10-15H2,1H3,(H3,22,23,24);1H. The zero-order chi connectivity index (χ0) is 19.1. The highest BCUT2D eigenvalue weighted by Gasteiger charge is 2.18. The number of rotatable bonds is 6. The molecule has 0 aromatic heterocycles. The van der Waals surface area contributed by atoms with E-state index in [2.05, 4.69) is 39.5 Å². The summed E-state index contributed by atoms with van der Waals surface area (Å²) in [7, 11) is 1.64. The molecule has 6 nitrogen and oxygen atoms in total. The van der Waals surface area contributed by atoms with Crippen LogP contribution >= 0.6 is 24.0 Å². The normalized spacial score (nSPS) is 15.1. The van der Waals surface area contributed by atoms with Gasteiger partial charge in [-0.3, -0.25) is 0 Å². The minimum Gasteiger partial charge on any atom is -0.497 e. The number of anilines is 2. The molecule has 2 aromatic rings. The van der Waals surface area contributed by atoms with Crippen LogP contribution in [0.2, 0.25) is 0 Å². The Kier molecular flexibility index (Phi) is 8.85. The molecule has 0 unspecified atom stereocenters. The van der Waals surface area contributed by atoms with Crippen LogP contribution in [0.1, 0.15) is 18.4 Å². The Morgan fingerprint density at radius 3 is 2.36 bits per heavy atom. The number of ether oxygens (including phenoxy) is 1. The molecule has 1 aliphatic rings. The van der Waals surface area contributed by atoms with Gasteiger partial charge in [0.05, 0.1) is 13.7 Å². The van der Waals surface area contributed by atoms with Gasteiger partial charge in [0.2, 0.25) is 0 Å². The third-order valence-electron chi connectivity index (χ3n) is 4.97. The number of nitrogens with one attached hydrogen (secondary N) is 1. The molecule has 4 N–H and O–H groups in total. The number of aliphatic hydroxyl groups excluding tert-OH is 1. The molecule has 0 spiro atoms. The Hall–Kier alpha value is -2.00. The Balaban J connectivity index is 0.00000280. The summed E-state index contributed by atoms with van der Waals surface area (Å²) in [6.45, 7) is 2.83. The number of aliphatic hydroxyl groups is 1. The SMILES string of the molecule is COc1ccc(NC(N)=NCc2ccc(N3CCC(CO)CC3)cc2)cc1.I. The first-order valence-corrected chi connectivity index (χ1v) is 9.33. The second-order valence-corrected chi connectivity index (χ2v) is 6.83. The average molecular weight is 496 g/mol. The van der Waals surface area contributed by atoms with Crippen LogP contribution in [0.15, 0.2) is 53.5 Å². The maximum atomic E-state index is 9.25. The monoisotopic (exact) mass is 496 g/mol. The van der Waals surface area contributed by atoms with Gasteiger partial charge in [-0.1, -0.05) is 12.1 Å². The smallest absolute Gasteiger partial charge is 0.193 e. The summed E-state index contributed by atoms with van der Waals surface area (Å²) in [6.07, 6.45) is 2.10. The van der Waals surface area contributed by atoms with E-state index in [1.165, 1.54) is 5.69 Å². The number of methoxy groups -OCH3 is 1. The second kappa shape index (κ2) is 11.1. The van der Waals surface area contributed by atoms with Crippen molar-refractivity contribution in [3.8, 4) is 5.75 Å². The van der Waals surface area contributed by atoms with Gasteiger partial charge in [-0.25, -0.2) is 4.99 Å². The maximum Gasteiger partial charge on any atom is 0.193 e. The van der Waals surface area contributed by atoms with Gasteiger partial charge in [0.15, 0.2) is 5.96 Å². The summed E-state index contributed by atoms with van der Waals surface area (Å²) in [5, 5.41) is 12.3. The van der Waals surface area contributed by atoms with Crippen molar-refractivity contribution in [2.24, 2.45) is 16.6 Å². The fourth-order valence-corrected chi connectivity index (χ4v) is 3.22. The first-order chi connectivity index (χ1) is 13.2. The molecule has 0 amide bonds. The highest BCUT2D eigenvalue weighted by molar-refractivity contribution is 14.0. The van der Waals surface area contributed by atoms with Gasteiger partial charge >= 0.3 is 0 Å². The van der Waals surface area contributed by atoms with E-state index in [0.29, 0.717) is 25.0 Å². The third kappa shape index (κ3) is 6.27. The van der Waals surface area contributed by atoms with Gasteiger partial charge in [0, 0.05) is 31.1 Å². The van der Waals surface area contributed by atoms with E-state index >= 15 is 0 Å². The van der Waals surface area contributed by atoms with Crippen LogP contribution in [0.5, 0.6) is 5.75 Å². The predicted octanol–water partition coefficient (Wildman–Crippen LogP) is 3.45. The van der Waals surface area contributed by atoms with E-state index in [1.807, 2.05) is 24.3 Å². The van der Waals surface area contributed by atoms with Crippen LogP contribution < -0.4 is 20.7 Å². The summed E-state index contributed by atoms with van der Waals surface area (Å²) in [5.74, 6) is 1.64. The van der Waals surface area contributed by atoms with Crippen LogP contribution in [0, 0.1) is 5.92 Å². The summed E-state index contributed by atoms with van der Waals surface area (Å²) < 4.78 is 5.14. The Labute approximate surface area is 183 Å². The number of nitrogens with zero attached hydrogens (tertiary/aromatic N) is 2. The first kappa shape index (κ1) is 22.3. The van der Waals surface area contributed by atoms with Crippen LogP contribution in [-0.2, 0) is 6.54 Å². The summed E-state index contributed by atoms with van der Waals surface area (Å²) >= 11 is 0. The molecule has 1 saturated heterocycles. The van der Waals surface area contributed by atoms with Crippen molar-refractivity contribution in [3.63, 3.8) is 0 Å². The van der Waals surface area contributed by atoms with Gasteiger partial charge in [-0.2, -0.15) is 0 Å². The molecular formula is C21H29IN4O2. The third-order valence-corrected chi connectivity index (χ3v) is 4.97. The number of hydrogen-bond donors (Lipinski definition) is 3. The number of piperidine rings is 1. The molecule has 152 valence electrons. The van der Waals surface area contributed by atoms with Gasteiger partial charge in [-0.15, -0.1) is 24.0 Å². The summed E-state index contributed by atoms with van der Waals surface area (Å²) in [4.78, 5) is 6.78. The highest BCUT2D eigenvalue weighted by atomic mass is 127. The molecule has 0 saturated carbocycles. The Morgan fingerprint density at radius 1 is 1.14 bits per heavy atom. The van der Waals surface area contributed by atoms with E-state index in [-0.39, 0.29) is 24.0 Å². The van der Waals surface area contributed by atoms with Crippen molar-refractivity contribution in [1.82, 2.24) is 0 Å². The summed E-state index contributed by atoms with van der Waals surface area (Å²) in [5.41, 5.74) is 9.19. The first-order valence-electron chi connectivity index (χ1n) is 9.33. The molecule has 0 aliphatic carbocycles. The number of aliphatic imine (C=N–C) groups is 1. The van der Waals surface area contributed by atoms with E-state index in [1.54, 1.807) is 7.11 Å². The van der Waals surface area contributed by atoms with Gasteiger partial charge in [-0.05, 0) is 60.7 Å². The van der Waals surface area contributed by atoms with Crippen LogP contribution in [0.4, 0.5) is 11.4 Å². The van der Waals surface area contributed by atoms with Crippen molar-refractivity contribution in [2.75, 3.05) is 37.0 Å². The van der Waals surface area contributed by atoms with Crippen molar-refractivity contribution in [2.45, 2.75) is 19.4 Å². The van der Waals surface area contributed by atoms with E-state index in [9.17, 15) is 5.11 Å². The molecule has 1 fully saturated rings. The lowest BCUT2D eigenvalue weighted by atomic mass is 9.97. The second-order valence-electron chi connectivity index (χ2n) is 6.83. The molecule has 28 heavy (non-hydrogen) atoms. The van der Waals surface area contributed by atoms with Crippen LogP contribution in [-0.4, -0.2) is 37.9 Å². The highest BCUT2D eigenvalue weighted by Crippen LogP contribution is 2.23. The van der Waals surface area contributed by atoms with Crippen molar-refractivity contribution >= 4 is 41.3 Å². The molecule has 1 aliphatic heterocycles. The number of halogens is 1. The molecule has 0 atom stereocenters. The number of nitrogens with two attached hydrogens (primary N) is 1. The fraction of sp³-hybridized carbons (Fsp3) is 0.381. The van der Waals surface area contributed by atoms with Gasteiger partial charge < -0.3 is 25.8 Å². The zero-order valence-corrected chi connectivity index (χ0v) is 18.5. The quantitative estimate of drug-likeness (QED) is 0.324. The molecule has 3 rings (SSSR count). The molecule has 2 aromatic carbocycles. The van der Waals surface area contributed by atoms with E-state index in [0.717, 1.165) is 42.9 Å². The topological polar surface area (TPSA) is 83.1 Å². The fourth-order valence-electron chi connectivity index (χ4n) is 3.22. The average Bonchev–Trinajstić information content (AvgIpc) is 2.73. The minimum absolute atomic E-state index is 0. The van der Waals surface area contributed by atoms with Crippen LogP contribution in [0.25, 0.3) is 0 Å². The van der Waals surface area contributed by atoms with Gasteiger partial charge in [0.25, 0.3) is 0 Å². The number of guanidine groups is 1. The van der Waals surface area contributed by atoms with Crippen molar-refractivity contribution < 1.29 is 9.84 Å². The molecule has 0 bridgehead atoms. The lowest BCUT2D eigenvalue weighted by Crippen LogP contribution is -2.34. The van der Waals surface area contributed by atoms with Gasteiger partial charge in [0.1, 0.15) is 5.75 Å². The molecule has 7 heteroatoms. The van der Waals surface area contributed by atoms with Crippen LogP contribution in [0.3, 0.4) is 0 Å². The molecule has 0 radical (unpaired) electrons. The van der Waals surface area contributed by atoms with Crippen molar-refractivity contribution in [3.05, 3.63) is 54.1 Å². The lowest BCUT2D eigenvalue weighted by Gasteiger charge is -2.32. The van der Waals surface area contributed by atoms with E-state index < -0.39 is 0 Å². The number of benzene rings is 2. The Bertz CT molecular complexity index is 742. The molecule has 1 heterocycles. The van der Waals surface area contributed by atoms with E-state index in [4.69, 9.17) is 10.5 Å². The van der Waals surface area contributed by atoms with Crippen molar-refractivity contribution in [1.29, 1.82) is 0 Å². The number of hydrogen-bond acceptors (Lipinski definition) is 4. The molecular weight excluding hydrogens is 467 g/mol. The predicted molar refractivity (Wildman–Crippen MR) is 126 cm³/mol. The Morgan fingerprint density at radius 2 is 1.79 bits per heavy atom.